The molecule has 128 valence electrons. The lowest BCUT2D eigenvalue weighted by atomic mass is 10.3. The van der Waals surface area contributed by atoms with Crippen molar-refractivity contribution in [3.8, 4) is 0 Å². The molecule has 0 atom stereocenters. The van der Waals surface area contributed by atoms with Crippen molar-refractivity contribution in [3.05, 3.63) is 46.1 Å². The first-order valence-electron chi connectivity index (χ1n) is 7.46. The topological polar surface area (TPSA) is 58.1 Å². The van der Waals surface area contributed by atoms with E-state index in [4.69, 9.17) is 23.2 Å². The highest BCUT2D eigenvalue weighted by Gasteiger charge is 2.19. The van der Waals surface area contributed by atoms with Gasteiger partial charge < -0.3 is 10.2 Å². The van der Waals surface area contributed by atoms with E-state index in [2.05, 4.69) is 15.3 Å². The summed E-state index contributed by atoms with van der Waals surface area (Å²) in [7, 11) is 0. The van der Waals surface area contributed by atoms with Crippen LogP contribution in [0.5, 0.6) is 0 Å². The minimum Gasteiger partial charge on any atom is -0.345 e. The van der Waals surface area contributed by atoms with E-state index in [1.54, 1.807) is 25.1 Å². The van der Waals surface area contributed by atoms with Crippen molar-refractivity contribution in [2.24, 2.45) is 0 Å². The van der Waals surface area contributed by atoms with Crippen LogP contribution in [0.2, 0.25) is 10.0 Å². The third-order valence-corrected chi connectivity index (χ3v) is 4.05. The lowest BCUT2D eigenvalue weighted by Crippen LogP contribution is -2.34. The van der Waals surface area contributed by atoms with Crippen molar-refractivity contribution >= 4 is 40.6 Å². The Kier molecular flexibility index (Phi) is 6.34. The van der Waals surface area contributed by atoms with Crippen LogP contribution in [0.1, 0.15) is 19.5 Å². The minimum absolute atomic E-state index is 0.0882. The third kappa shape index (κ3) is 4.13. The first-order valence-corrected chi connectivity index (χ1v) is 8.21. The van der Waals surface area contributed by atoms with Crippen LogP contribution in [0.4, 0.5) is 15.9 Å². The first kappa shape index (κ1) is 18.4. The highest BCUT2D eigenvalue weighted by Crippen LogP contribution is 2.29. The molecule has 0 aliphatic carbocycles. The van der Waals surface area contributed by atoms with Crippen LogP contribution >= 0.6 is 23.2 Å². The predicted molar refractivity (Wildman–Crippen MR) is 94.3 cm³/mol. The summed E-state index contributed by atoms with van der Waals surface area (Å²) in [5.41, 5.74) is 0.646. The van der Waals surface area contributed by atoms with Gasteiger partial charge in [0, 0.05) is 6.54 Å². The van der Waals surface area contributed by atoms with Crippen molar-refractivity contribution in [3.63, 3.8) is 0 Å². The summed E-state index contributed by atoms with van der Waals surface area (Å²) >= 11 is 12.1. The largest absolute Gasteiger partial charge is 0.345 e. The molecule has 1 N–H and O–H groups in total. The van der Waals surface area contributed by atoms with Gasteiger partial charge in [0.1, 0.15) is 6.33 Å². The second-order valence-corrected chi connectivity index (χ2v) is 5.78. The van der Waals surface area contributed by atoms with Gasteiger partial charge in [0.25, 0.3) is 0 Å². The lowest BCUT2D eigenvalue weighted by molar-refractivity contribution is -0.115. The minimum atomic E-state index is -0.509. The molecule has 0 unspecified atom stereocenters. The lowest BCUT2D eigenvalue weighted by Gasteiger charge is -2.22. The SMILES string of the molecule is CCc1ncnc(N(CC)CC(=O)Nc2c(Cl)cccc2Cl)c1F. The summed E-state index contributed by atoms with van der Waals surface area (Å²) < 4.78 is 14.4. The molecule has 0 fully saturated rings. The zero-order chi connectivity index (χ0) is 17.7. The van der Waals surface area contributed by atoms with E-state index < -0.39 is 5.82 Å². The number of aryl methyl sites for hydroxylation is 1. The van der Waals surface area contributed by atoms with E-state index in [-0.39, 0.29) is 18.3 Å². The highest BCUT2D eigenvalue weighted by molar-refractivity contribution is 6.39. The Morgan fingerprint density at radius 2 is 1.92 bits per heavy atom. The molecular weight excluding hydrogens is 354 g/mol. The number of halogens is 3. The molecule has 0 bridgehead atoms. The summed E-state index contributed by atoms with van der Waals surface area (Å²) in [5, 5.41) is 3.32. The molecule has 5 nitrogen and oxygen atoms in total. The Morgan fingerprint density at radius 3 is 2.50 bits per heavy atom. The predicted octanol–water partition coefficient (Wildman–Crippen LogP) is 3.95. The number of rotatable bonds is 6. The van der Waals surface area contributed by atoms with E-state index in [0.29, 0.717) is 34.4 Å². The third-order valence-electron chi connectivity index (χ3n) is 3.42. The van der Waals surface area contributed by atoms with Crippen molar-refractivity contribution in [1.29, 1.82) is 0 Å². The fourth-order valence-corrected chi connectivity index (χ4v) is 2.66. The van der Waals surface area contributed by atoms with Gasteiger partial charge in [-0.3, -0.25) is 4.79 Å². The van der Waals surface area contributed by atoms with Crippen LogP contribution in [0.15, 0.2) is 24.5 Å². The number of aromatic nitrogens is 2. The van der Waals surface area contributed by atoms with Gasteiger partial charge in [-0.05, 0) is 25.5 Å². The van der Waals surface area contributed by atoms with Crippen LogP contribution in [0.25, 0.3) is 0 Å². The normalized spacial score (nSPS) is 10.5. The van der Waals surface area contributed by atoms with Gasteiger partial charge >= 0.3 is 0 Å². The standard InChI is InChI=1S/C16H17Cl2FN4O/c1-3-12-14(19)16(21-9-20-12)23(4-2)8-13(24)22-15-10(17)6-5-7-11(15)18/h5-7,9H,3-4,8H2,1-2H3,(H,22,24). The maximum atomic E-state index is 14.4. The first-order chi connectivity index (χ1) is 11.5. The van der Waals surface area contributed by atoms with Gasteiger partial charge in [-0.1, -0.05) is 36.2 Å². The summed E-state index contributed by atoms with van der Waals surface area (Å²) in [4.78, 5) is 21.7. The number of carbonyl (C=O) groups is 1. The Bertz CT molecular complexity index is 722. The van der Waals surface area contributed by atoms with Gasteiger partial charge in [0.05, 0.1) is 28.0 Å². The molecule has 0 saturated carbocycles. The quantitative estimate of drug-likeness (QED) is 0.836. The highest BCUT2D eigenvalue weighted by atomic mass is 35.5. The van der Waals surface area contributed by atoms with Crippen LogP contribution < -0.4 is 10.2 Å². The number of nitrogens with one attached hydrogen (secondary N) is 1. The van der Waals surface area contributed by atoms with E-state index >= 15 is 0 Å². The molecule has 1 heterocycles. The number of carbonyl (C=O) groups excluding carboxylic acids is 1. The summed E-state index contributed by atoms with van der Waals surface area (Å²) in [5.74, 6) is -0.780. The fourth-order valence-electron chi connectivity index (χ4n) is 2.17. The van der Waals surface area contributed by atoms with Gasteiger partial charge in [-0.15, -0.1) is 0 Å². The molecule has 2 rings (SSSR count). The van der Waals surface area contributed by atoms with Crippen molar-refractivity contribution in [1.82, 2.24) is 9.97 Å². The number of anilines is 2. The van der Waals surface area contributed by atoms with Crippen molar-refractivity contribution < 1.29 is 9.18 Å². The Labute approximate surface area is 149 Å². The van der Waals surface area contributed by atoms with E-state index in [1.165, 1.54) is 11.2 Å². The zero-order valence-corrected chi connectivity index (χ0v) is 14.8. The average molecular weight is 371 g/mol. The molecular formula is C16H17Cl2FN4O. The summed E-state index contributed by atoms with van der Waals surface area (Å²) in [6, 6.07) is 4.93. The molecule has 1 aromatic heterocycles. The second-order valence-electron chi connectivity index (χ2n) is 4.97. The molecule has 0 radical (unpaired) electrons. The number of hydrogen-bond donors (Lipinski definition) is 1. The van der Waals surface area contributed by atoms with Gasteiger partial charge in [-0.25, -0.2) is 14.4 Å². The Balaban J connectivity index is 2.17. The molecule has 24 heavy (non-hydrogen) atoms. The molecule has 2 aromatic rings. The number of benzene rings is 1. The van der Waals surface area contributed by atoms with Gasteiger partial charge in [0.15, 0.2) is 11.6 Å². The smallest absolute Gasteiger partial charge is 0.244 e. The van der Waals surface area contributed by atoms with Crippen molar-refractivity contribution in [2.45, 2.75) is 20.3 Å². The molecule has 0 aliphatic rings. The number of amides is 1. The van der Waals surface area contributed by atoms with E-state index in [0.717, 1.165) is 0 Å². The van der Waals surface area contributed by atoms with Crippen LogP contribution in [-0.4, -0.2) is 29.0 Å². The van der Waals surface area contributed by atoms with Crippen LogP contribution in [0.3, 0.4) is 0 Å². The van der Waals surface area contributed by atoms with E-state index in [9.17, 15) is 9.18 Å². The number of para-hydroxylation sites is 1. The van der Waals surface area contributed by atoms with E-state index in [1.807, 2.05) is 6.92 Å². The molecule has 1 aromatic carbocycles. The van der Waals surface area contributed by atoms with Gasteiger partial charge in [0.2, 0.25) is 5.91 Å². The fraction of sp³-hybridized carbons (Fsp3) is 0.312. The maximum Gasteiger partial charge on any atom is 0.244 e. The number of likely N-dealkylation sites (N-methyl/N-ethyl adjacent to an activating group) is 1. The monoisotopic (exact) mass is 370 g/mol. The molecule has 0 spiro atoms. The Hall–Kier alpha value is -1.92. The van der Waals surface area contributed by atoms with Crippen LogP contribution in [0, 0.1) is 5.82 Å². The number of nitrogens with zero attached hydrogens (tertiary/aromatic N) is 3. The average Bonchev–Trinajstić information content (AvgIpc) is 2.56. The van der Waals surface area contributed by atoms with Crippen molar-refractivity contribution in [2.75, 3.05) is 23.3 Å². The van der Waals surface area contributed by atoms with Gasteiger partial charge in [-0.2, -0.15) is 0 Å². The number of hydrogen-bond acceptors (Lipinski definition) is 4. The zero-order valence-electron chi connectivity index (χ0n) is 13.3. The Morgan fingerprint density at radius 1 is 1.25 bits per heavy atom. The second kappa shape index (κ2) is 8.26. The molecule has 1 amide bonds. The molecule has 8 heteroatoms. The molecule has 0 aliphatic heterocycles. The maximum absolute atomic E-state index is 14.4. The summed E-state index contributed by atoms with van der Waals surface area (Å²) in [6.07, 6.45) is 1.74. The van der Waals surface area contributed by atoms with Crippen LogP contribution in [-0.2, 0) is 11.2 Å². The molecule has 0 saturated heterocycles. The summed E-state index contributed by atoms with van der Waals surface area (Å²) in [6.45, 7) is 3.93.